The van der Waals surface area contributed by atoms with Crippen molar-refractivity contribution in [2.24, 2.45) is 5.92 Å². The van der Waals surface area contributed by atoms with E-state index in [2.05, 4.69) is 24.1 Å². The minimum atomic E-state index is 0.447. The largest absolute Gasteiger partial charge is 0.378 e. The topological polar surface area (TPSA) is 50.3 Å². The maximum absolute atomic E-state index is 5.98. The summed E-state index contributed by atoms with van der Waals surface area (Å²) in [4.78, 5) is 15.0. The number of nitrogens with zero attached hydrogens (tertiary/aromatic N) is 3. The van der Waals surface area contributed by atoms with Crippen LogP contribution in [-0.4, -0.2) is 46.7 Å². The molecule has 6 heteroatoms. The van der Waals surface area contributed by atoms with Crippen molar-refractivity contribution < 1.29 is 4.74 Å². The highest BCUT2D eigenvalue weighted by molar-refractivity contribution is 7.18. The van der Waals surface area contributed by atoms with Gasteiger partial charge in [0, 0.05) is 23.4 Å². The molecule has 0 spiro atoms. The van der Waals surface area contributed by atoms with E-state index in [1.54, 1.807) is 0 Å². The number of rotatable bonds is 4. The van der Waals surface area contributed by atoms with Crippen molar-refractivity contribution in [3.8, 4) is 0 Å². The summed E-state index contributed by atoms with van der Waals surface area (Å²) in [5.74, 6) is 2.67. The molecule has 3 unspecified atom stereocenters. The van der Waals surface area contributed by atoms with Crippen molar-refractivity contribution in [3.63, 3.8) is 0 Å². The first-order valence-electron chi connectivity index (χ1n) is 10.6. The SMILES string of the molecule is Cc1sc2nc(CN3CCCC3)nc(NC3CCCC4OCCC34)c2c1C. The number of anilines is 1. The molecule has 3 aliphatic rings. The van der Waals surface area contributed by atoms with E-state index in [-0.39, 0.29) is 0 Å². The molecule has 3 fully saturated rings. The number of aromatic nitrogens is 2. The fourth-order valence-electron chi connectivity index (χ4n) is 5.14. The zero-order chi connectivity index (χ0) is 18.4. The van der Waals surface area contributed by atoms with Crippen molar-refractivity contribution in [1.29, 1.82) is 0 Å². The van der Waals surface area contributed by atoms with Gasteiger partial charge in [-0.3, -0.25) is 4.90 Å². The molecule has 5 nitrogen and oxygen atoms in total. The molecule has 2 saturated heterocycles. The summed E-state index contributed by atoms with van der Waals surface area (Å²) < 4.78 is 5.98. The molecule has 5 rings (SSSR count). The molecule has 2 aromatic heterocycles. The van der Waals surface area contributed by atoms with Crippen molar-refractivity contribution in [2.75, 3.05) is 25.0 Å². The Morgan fingerprint density at radius 3 is 2.81 bits per heavy atom. The van der Waals surface area contributed by atoms with Gasteiger partial charge in [0.15, 0.2) is 0 Å². The third-order valence-electron chi connectivity index (χ3n) is 6.74. The monoisotopic (exact) mass is 386 g/mol. The molecule has 1 saturated carbocycles. The predicted molar refractivity (Wildman–Crippen MR) is 111 cm³/mol. The quantitative estimate of drug-likeness (QED) is 0.850. The molecule has 2 aromatic rings. The summed E-state index contributed by atoms with van der Waals surface area (Å²) in [7, 11) is 0. The van der Waals surface area contributed by atoms with Gasteiger partial charge in [-0.15, -0.1) is 11.3 Å². The Balaban J connectivity index is 1.48. The first-order chi connectivity index (χ1) is 13.2. The number of thiophene rings is 1. The number of hydrogen-bond acceptors (Lipinski definition) is 6. The molecule has 146 valence electrons. The Morgan fingerprint density at radius 2 is 1.96 bits per heavy atom. The lowest BCUT2D eigenvalue weighted by molar-refractivity contribution is 0.0620. The number of fused-ring (bicyclic) bond motifs is 2. The summed E-state index contributed by atoms with van der Waals surface area (Å²) in [5, 5.41) is 5.11. The molecule has 0 radical (unpaired) electrons. The van der Waals surface area contributed by atoms with Crippen LogP contribution < -0.4 is 5.32 Å². The first-order valence-corrected chi connectivity index (χ1v) is 11.4. The first kappa shape index (κ1) is 17.8. The smallest absolute Gasteiger partial charge is 0.146 e. The highest BCUT2D eigenvalue weighted by Crippen LogP contribution is 2.38. The van der Waals surface area contributed by atoms with Crippen LogP contribution in [0.1, 0.15) is 54.8 Å². The van der Waals surface area contributed by atoms with Gasteiger partial charge in [0.05, 0.1) is 18.0 Å². The van der Waals surface area contributed by atoms with E-state index >= 15 is 0 Å². The number of hydrogen-bond donors (Lipinski definition) is 1. The molecule has 2 aliphatic heterocycles. The maximum atomic E-state index is 5.98. The summed E-state index contributed by atoms with van der Waals surface area (Å²) >= 11 is 1.81. The van der Waals surface area contributed by atoms with E-state index in [1.807, 2.05) is 11.3 Å². The van der Waals surface area contributed by atoms with Gasteiger partial charge in [-0.05, 0) is 71.0 Å². The Hall–Kier alpha value is -1.24. The second kappa shape index (κ2) is 7.30. The maximum Gasteiger partial charge on any atom is 0.146 e. The molecule has 27 heavy (non-hydrogen) atoms. The van der Waals surface area contributed by atoms with Gasteiger partial charge >= 0.3 is 0 Å². The Labute approximate surface area is 165 Å². The van der Waals surface area contributed by atoms with Crippen molar-refractivity contribution >= 4 is 27.4 Å². The highest BCUT2D eigenvalue weighted by Gasteiger charge is 2.38. The number of likely N-dealkylation sites (tertiary alicyclic amines) is 1. The van der Waals surface area contributed by atoms with Crippen LogP contribution in [0.2, 0.25) is 0 Å². The molecule has 1 aliphatic carbocycles. The third kappa shape index (κ3) is 3.36. The van der Waals surface area contributed by atoms with Crippen molar-refractivity contribution in [1.82, 2.24) is 14.9 Å². The van der Waals surface area contributed by atoms with Crippen LogP contribution in [0.5, 0.6) is 0 Å². The molecular formula is C21H30N4OS. The van der Waals surface area contributed by atoms with Gasteiger partial charge in [-0.2, -0.15) is 0 Å². The van der Waals surface area contributed by atoms with Gasteiger partial charge in [0.25, 0.3) is 0 Å². The number of ether oxygens (including phenoxy) is 1. The van der Waals surface area contributed by atoms with E-state index in [0.717, 1.165) is 29.6 Å². The minimum Gasteiger partial charge on any atom is -0.378 e. The third-order valence-corrected chi connectivity index (χ3v) is 7.84. The predicted octanol–water partition coefficient (Wildman–Crippen LogP) is 4.27. The van der Waals surface area contributed by atoms with Crippen LogP contribution in [-0.2, 0) is 11.3 Å². The fraction of sp³-hybridized carbons (Fsp3) is 0.714. The normalized spacial score (nSPS) is 28.7. The number of nitrogens with one attached hydrogen (secondary N) is 1. The summed E-state index contributed by atoms with van der Waals surface area (Å²) in [5.41, 5.74) is 1.33. The van der Waals surface area contributed by atoms with Crippen LogP contribution in [0.25, 0.3) is 10.2 Å². The van der Waals surface area contributed by atoms with Crippen LogP contribution >= 0.6 is 11.3 Å². The van der Waals surface area contributed by atoms with Gasteiger partial charge in [0.1, 0.15) is 16.5 Å². The Kier molecular flexibility index (Phi) is 4.82. The summed E-state index contributed by atoms with van der Waals surface area (Å²) in [6.07, 6.45) is 7.92. The van der Waals surface area contributed by atoms with Crippen molar-refractivity contribution in [3.05, 3.63) is 16.3 Å². The zero-order valence-corrected chi connectivity index (χ0v) is 17.3. The van der Waals surface area contributed by atoms with E-state index < -0.39 is 0 Å². The van der Waals surface area contributed by atoms with E-state index in [4.69, 9.17) is 14.7 Å². The average molecular weight is 387 g/mol. The van der Waals surface area contributed by atoms with Crippen LogP contribution in [0, 0.1) is 19.8 Å². The van der Waals surface area contributed by atoms with Gasteiger partial charge < -0.3 is 10.1 Å². The molecule has 0 bridgehead atoms. The molecular weight excluding hydrogens is 356 g/mol. The van der Waals surface area contributed by atoms with Crippen LogP contribution in [0.4, 0.5) is 5.82 Å². The lowest BCUT2D eigenvalue weighted by atomic mass is 9.82. The van der Waals surface area contributed by atoms with Gasteiger partial charge in [-0.25, -0.2) is 9.97 Å². The lowest BCUT2D eigenvalue weighted by Crippen LogP contribution is -2.38. The van der Waals surface area contributed by atoms with E-state index in [0.29, 0.717) is 18.1 Å². The summed E-state index contributed by atoms with van der Waals surface area (Å²) in [6.45, 7) is 8.56. The van der Waals surface area contributed by atoms with Crippen LogP contribution in [0.3, 0.4) is 0 Å². The molecule has 0 amide bonds. The standard InChI is InChI=1S/C21H30N4OS/c1-13-14(2)27-21-19(13)20(23-18(24-21)12-25-9-3-4-10-25)22-16-6-5-7-17-15(16)8-11-26-17/h15-17H,3-12H2,1-2H3,(H,22,23,24). The highest BCUT2D eigenvalue weighted by atomic mass is 32.1. The van der Waals surface area contributed by atoms with Crippen LogP contribution in [0.15, 0.2) is 0 Å². The number of aryl methyl sites for hydroxylation is 2. The molecule has 0 aromatic carbocycles. The van der Waals surface area contributed by atoms with Crippen molar-refractivity contribution in [2.45, 2.75) is 71.1 Å². The Bertz CT molecular complexity index is 829. The fourth-order valence-corrected chi connectivity index (χ4v) is 6.19. The second-order valence-electron chi connectivity index (χ2n) is 8.48. The second-order valence-corrected chi connectivity index (χ2v) is 9.68. The van der Waals surface area contributed by atoms with E-state index in [9.17, 15) is 0 Å². The molecule has 3 atom stereocenters. The average Bonchev–Trinajstić information content (AvgIpc) is 3.37. The van der Waals surface area contributed by atoms with E-state index in [1.165, 1.54) is 67.4 Å². The summed E-state index contributed by atoms with van der Waals surface area (Å²) in [6, 6.07) is 0.476. The molecule has 4 heterocycles. The minimum absolute atomic E-state index is 0.447. The van der Waals surface area contributed by atoms with Gasteiger partial charge in [0.2, 0.25) is 0 Å². The molecule has 1 N–H and O–H groups in total. The van der Waals surface area contributed by atoms with Gasteiger partial charge in [-0.1, -0.05) is 0 Å². The Morgan fingerprint density at radius 1 is 1.11 bits per heavy atom. The lowest BCUT2D eigenvalue weighted by Gasteiger charge is -2.33. The zero-order valence-electron chi connectivity index (χ0n) is 16.5.